The highest BCUT2D eigenvalue weighted by atomic mass is 15.1. The number of hydrogen-bond acceptors (Lipinski definition) is 1. The fraction of sp³-hybridized carbons (Fsp3) is 0.250. The maximum atomic E-state index is 9.47. The van der Waals surface area contributed by atoms with Gasteiger partial charge in [-0.15, -0.1) is 5.82 Å². The Hall–Kier alpha value is -2.48. The molecule has 1 atom stereocenters. The molecule has 4 nitrogen and oxygen atoms in total. The minimum absolute atomic E-state index is 0.149. The van der Waals surface area contributed by atoms with Crippen molar-refractivity contribution in [1.29, 1.82) is 5.26 Å². The number of H-pyrrole nitrogens is 1. The van der Waals surface area contributed by atoms with Gasteiger partial charge in [0.15, 0.2) is 0 Å². The Kier molecular flexibility index (Phi) is 3.53. The van der Waals surface area contributed by atoms with Gasteiger partial charge in [-0.3, -0.25) is 9.13 Å². The number of nitrogens with one attached hydrogen (secondary N) is 1. The quantitative estimate of drug-likeness (QED) is 0.565. The van der Waals surface area contributed by atoms with E-state index in [2.05, 4.69) is 23.2 Å². The van der Waals surface area contributed by atoms with Crippen LogP contribution in [0.5, 0.6) is 0 Å². The van der Waals surface area contributed by atoms with Crippen molar-refractivity contribution in [1.82, 2.24) is 9.55 Å². The summed E-state index contributed by atoms with van der Waals surface area (Å²) >= 11 is 0. The number of aryl methyl sites for hydroxylation is 2. The van der Waals surface area contributed by atoms with Gasteiger partial charge in [0.2, 0.25) is 0 Å². The first-order valence-electron chi connectivity index (χ1n) is 6.99. The summed E-state index contributed by atoms with van der Waals surface area (Å²) < 4.78 is 4.05. The maximum Gasteiger partial charge on any atom is 0.125 e. The van der Waals surface area contributed by atoms with E-state index >= 15 is 0 Å². The summed E-state index contributed by atoms with van der Waals surface area (Å²) in [5, 5.41) is 10.7. The number of para-hydroxylation sites is 1. The van der Waals surface area contributed by atoms with Crippen LogP contribution in [0.3, 0.4) is 0 Å². The number of aromatic nitrogens is 3. The summed E-state index contributed by atoms with van der Waals surface area (Å²) in [6, 6.07) is 10.6. The molecule has 0 saturated heterocycles. The van der Waals surface area contributed by atoms with E-state index in [0.29, 0.717) is 6.42 Å². The molecule has 3 rings (SSSR count). The van der Waals surface area contributed by atoms with Gasteiger partial charge in [-0.25, -0.2) is 5.26 Å². The van der Waals surface area contributed by atoms with Crippen molar-refractivity contribution in [3.63, 3.8) is 0 Å². The lowest BCUT2D eigenvalue weighted by Crippen LogP contribution is -2.50. The molecule has 104 valence electrons. The molecule has 21 heavy (non-hydrogen) atoms. The van der Waals surface area contributed by atoms with Crippen LogP contribution in [0, 0.1) is 11.3 Å². The molecule has 2 radical (unpaired) electrons. The molecule has 0 bridgehead atoms. The number of rotatable bonds is 4. The van der Waals surface area contributed by atoms with Crippen molar-refractivity contribution in [3.05, 3.63) is 48.4 Å². The van der Waals surface area contributed by atoms with Crippen LogP contribution in [0.25, 0.3) is 10.9 Å². The molecule has 0 saturated carbocycles. The molecular formula is C16H17BN4. The average Bonchev–Trinajstić information content (AvgIpc) is 3.04. The average molecular weight is 276 g/mol. The summed E-state index contributed by atoms with van der Waals surface area (Å²) in [6.07, 6.45) is 6.71. The molecule has 1 aromatic carbocycles. The van der Waals surface area contributed by atoms with E-state index in [1.165, 1.54) is 10.9 Å². The number of benzene rings is 1. The van der Waals surface area contributed by atoms with E-state index in [1.54, 1.807) is 0 Å². The minimum Gasteiger partial charge on any atom is -0.361 e. The Bertz CT molecular complexity index is 790. The zero-order chi connectivity index (χ0) is 14.8. The highest BCUT2D eigenvalue weighted by Gasteiger charge is 2.09. The molecule has 0 aliphatic heterocycles. The fourth-order valence-electron chi connectivity index (χ4n) is 2.70. The largest absolute Gasteiger partial charge is 0.361 e. The predicted octanol–water partition coefficient (Wildman–Crippen LogP) is 1.22. The molecule has 2 heterocycles. The smallest absolute Gasteiger partial charge is 0.125 e. The zero-order valence-corrected chi connectivity index (χ0v) is 12.2. The number of fused-ring (bicyclic) bond motifs is 1. The summed E-state index contributed by atoms with van der Waals surface area (Å²) in [4.78, 5) is 3.27. The summed E-state index contributed by atoms with van der Waals surface area (Å²) in [5.74, 6) is -0.149. The summed E-state index contributed by atoms with van der Waals surface area (Å²) in [6.45, 7) is 0. The number of nitrogens with zero attached hydrogens (tertiary/aromatic N) is 3. The van der Waals surface area contributed by atoms with Gasteiger partial charge in [-0.2, -0.15) is 7.28 Å². The maximum absolute atomic E-state index is 9.47. The van der Waals surface area contributed by atoms with Crippen molar-refractivity contribution in [2.24, 2.45) is 14.1 Å². The van der Waals surface area contributed by atoms with Crippen molar-refractivity contribution in [2.75, 3.05) is 0 Å². The normalized spacial score (nSPS) is 12.4. The Labute approximate surface area is 124 Å². The topological polar surface area (TPSA) is 48.4 Å². The molecule has 0 spiro atoms. The number of imidazole rings is 1. The fourth-order valence-corrected chi connectivity index (χ4v) is 2.70. The van der Waals surface area contributed by atoms with Crippen molar-refractivity contribution in [3.8, 4) is 6.07 Å². The third-order valence-electron chi connectivity index (χ3n) is 3.87. The van der Waals surface area contributed by atoms with Gasteiger partial charge in [-0.05, 0) is 18.1 Å². The van der Waals surface area contributed by atoms with Crippen LogP contribution in [0.1, 0.15) is 5.56 Å². The first-order chi connectivity index (χ1) is 10.2. The van der Waals surface area contributed by atoms with Gasteiger partial charge in [-0.1, -0.05) is 18.2 Å². The van der Waals surface area contributed by atoms with E-state index in [4.69, 9.17) is 0 Å². The number of aromatic amines is 1. The first kappa shape index (κ1) is 13.5. The van der Waals surface area contributed by atoms with Crippen LogP contribution >= 0.6 is 0 Å². The van der Waals surface area contributed by atoms with Gasteiger partial charge < -0.3 is 4.98 Å². The second-order valence-corrected chi connectivity index (χ2v) is 5.34. The number of hydrogen-bond donors (Lipinski definition) is 1. The molecule has 0 amide bonds. The van der Waals surface area contributed by atoms with Crippen LogP contribution in [-0.2, 0) is 20.5 Å². The van der Waals surface area contributed by atoms with Gasteiger partial charge in [0, 0.05) is 28.9 Å². The van der Waals surface area contributed by atoms with Crippen LogP contribution in [0.4, 0.5) is 0 Å². The molecule has 0 fully saturated rings. The van der Waals surface area contributed by atoms with E-state index in [0.717, 1.165) is 11.2 Å². The Morgan fingerprint density at radius 1 is 1.43 bits per heavy atom. The Morgan fingerprint density at radius 3 is 2.95 bits per heavy atom. The van der Waals surface area contributed by atoms with E-state index < -0.39 is 0 Å². The third-order valence-corrected chi connectivity index (χ3v) is 3.87. The van der Waals surface area contributed by atoms with E-state index in [-0.39, 0.29) is 5.82 Å². The molecule has 0 aliphatic rings. The molecule has 2 aromatic heterocycles. The highest BCUT2D eigenvalue weighted by Crippen LogP contribution is 2.22. The number of nitriles is 1. The highest BCUT2D eigenvalue weighted by molar-refractivity contribution is 6.53. The monoisotopic (exact) mass is 276 g/mol. The molecule has 0 aliphatic carbocycles. The molecule has 3 aromatic rings. The minimum atomic E-state index is -0.149. The van der Waals surface area contributed by atoms with E-state index in [9.17, 15) is 5.26 Å². The lowest BCUT2D eigenvalue weighted by molar-refractivity contribution is -0.653. The Balaban J connectivity index is 1.84. The second kappa shape index (κ2) is 5.49. The van der Waals surface area contributed by atoms with Gasteiger partial charge >= 0.3 is 0 Å². The van der Waals surface area contributed by atoms with Crippen LogP contribution < -0.4 is 10.3 Å². The second-order valence-electron chi connectivity index (χ2n) is 5.34. The predicted molar refractivity (Wildman–Crippen MR) is 83.3 cm³/mol. The summed E-state index contributed by atoms with van der Waals surface area (Å²) in [7, 11) is 6.01. The van der Waals surface area contributed by atoms with Crippen molar-refractivity contribution < 1.29 is 4.57 Å². The SMILES string of the molecule is Cn1cc[n+](C)c1[B-]C(C#N)Cc1c[nH]c2ccccc12. The van der Waals surface area contributed by atoms with Crippen molar-refractivity contribution in [2.45, 2.75) is 12.2 Å². The van der Waals surface area contributed by atoms with Crippen LogP contribution in [0.15, 0.2) is 42.9 Å². The lowest BCUT2D eigenvalue weighted by Gasteiger charge is -2.19. The van der Waals surface area contributed by atoms with Gasteiger partial charge in [0.1, 0.15) is 12.4 Å². The van der Waals surface area contributed by atoms with Crippen LogP contribution in [-0.4, -0.2) is 16.8 Å². The van der Waals surface area contributed by atoms with Crippen molar-refractivity contribution >= 4 is 23.9 Å². The zero-order valence-electron chi connectivity index (χ0n) is 12.2. The first-order valence-corrected chi connectivity index (χ1v) is 6.99. The molecule has 1 N–H and O–H groups in total. The van der Waals surface area contributed by atoms with Crippen LogP contribution in [0.2, 0.25) is 5.82 Å². The van der Waals surface area contributed by atoms with Gasteiger partial charge in [0.05, 0.1) is 14.1 Å². The molecule has 1 unspecified atom stereocenters. The van der Waals surface area contributed by atoms with E-state index in [1.807, 2.05) is 61.2 Å². The molecular weight excluding hydrogens is 259 g/mol. The molecule has 5 heteroatoms. The summed E-state index contributed by atoms with van der Waals surface area (Å²) in [5.41, 5.74) is 3.35. The standard InChI is InChI=1S/C16H17BN4/c1-20-7-8-21(2)16(20)17-13(10-18)9-12-11-19-15-6-4-3-5-14(12)15/h3-8,11,13,19H,9H2,1-2H3. The Morgan fingerprint density at radius 2 is 2.24 bits per heavy atom. The van der Waals surface area contributed by atoms with Gasteiger partial charge in [0.25, 0.3) is 0 Å². The lowest BCUT2D eigenvalue weighted by atomic mass is 9.62. The third kappa shape index (κ3) is 2.57.